The number of hydrogen-bond donors (Lipinski definition) is 0. The average molecular weight is 280 g/mol. The lowest BCUT2D eigenvalue weighted by molar-refractivity contribution is -0.385. The summed E-state index contributed by atoms with van der Waals surface area (Å²) in [5.74, 6) is 0.753. The summed E-state index contributed by atoms with van der Waals surface area (Å²) in [7, 11) is 0. The fraction of sp³-hybridized carbons (Fsp3) is 0.167. The lowest BCUT2D eigenvalue weighted by Crippen LogP contribution is -1.95. The Morgan fingerprint density at radius 3 is 2.58 bits per heavy atom. The van der Waals surface area contributed by atoms with Gasteiger partial charge >= 0.3 is 0 Å². The van der Waals surface area contributed by atoms with E-state index >= 15 is 0 Å². The van der Waals surface area contributed by atoms with Crippen molar-refractivity contribution < 1.29 is 9.66 Å². The minimum Gasteiger partial charge on any atom is -0.439 e. The summed E-state index contributed by atoms with van der Waals surface area (Å²) in [6, 6.07) is 6.10. The van der Waals surface area contributed by atoms with Crippen LogP contribution in [0.5, 0.6) is 11.6 Å². The van der Waals surface area contributed by atoms with Crippen LogP contribution in [-0.4, -0.2) is 14.9 Å². The van der Waals surface area contributed by atoms with E-state index in [0.717, 1.165) is 0 Å². The van der Waals surface area contributed by atoms with Gasteiger partial charge < -0.3 is 4.74 Å². The van der Waals surface area contributed by atoms with Crippen molar-refractivity contribution >= 4 is 17.3 Å². The van der Waals surface area contributed by atoms with E-state index in [9.17, 15) is 10.1 Å². The number of nitro benzene ring substituents is 1. The molecule has 0 radical (unpaired) electrons. The van der Waals surface area contributed by atoms with E-state index in [1.165, 1.54) is 12.1 Å². The highest BCUT2D eigenvalue weighted by molar-refractivity contribution is 6.28. The van der Waals surface area contributed by atoms with Crippen molar-refractivity contribution in [2.24, 2.45) is 0 Å². The first-order chi connectivity index (χ1) is 8.95. The molecule has 98 valence electrons. The fourth-order valence-electron chi connectivity index (χ4n) is 1.57. The van der Waals surface area contributed by atoms with Gasteiger partial charge in [0.2, 0.25) is 11.2 Å². The smallest absolute Gasteiger partial charge is 0.272 e. The second-order valence-electron chi connectivity index (χ2n) is 3.92. The predicted molar refractivity (Wildman–Crippen MR) is 69.7 cm³/mol. The fourth-order valence-corrected chi connectivity index (χ4v) is 1.79. The summed E-state index contributed by atoms with van der Waals surface area (Å²) in [4.78, 5) is 18.1. The summed E-state index contributed by atoms with van der Waals surface area (Å²) >= 11 is 5.72. The number of aryl methyl sites for hydroxylation is 2. The third-order valence-electron chi connectivity index (χ3n) is 2.39. The quantitative estimate of drug-likeness (QED) is 0.488. The first-order valence-electron chi connectivity index (χ1n) is 5.40. The summed E-state index contributed by atoms with van der Waals surface area (Å²) in [6.45, 7) is 3.41. The van der Waals surface area contributed by atoms with E-state index in [-0.39, 0.29) is 11.0 Å². The highest BCUT2D eigenvalue weighted by atomic mass is 35.5. The molecule has 0 aliphatic carbocycles. The third-order valence-corrected chi connectivity index (χ3v) is 2.56. The average Bonchev–Trinajstić information content (AvgIpc) is 2.26. The first kappa shape index (κ1) is 13.2. The zero-order valence-corrected chi connectivity index (χ0v) is 11.0. The van der Waals surface area contributed by atoms with Gasteiger partial charge in [-0.15, -0.1) is 0 Å². The van der Waals surface area contributed by atoms with Crippen LogP contribution >= 0.6 is 11.6 Å². The molecular weight excluding hydrogens is 270 g/mol. The van der Waals surface area contributed by atoms with Crippen LogP contribution in [0.4, 0.5) is 5.69 Å². The first-order valence-corrected chi connectivity index (χ1v) is 5.77. The number of benzene rings is 1. The molecule has 1 aromatic carbocycles. The molecule has 1 aromatic heterocycles. The number of nitrogens with zero attached hydrogens (tertiary/aromatic N) is 3. The van der Waals surface area contributed by atoms with Gasteiger partial charge in [0.05, 0.1) is 4.92 Å². The van der Waals surface area contributed by atoms with E-state index in [1.807, 2.05) is 0 Å². The van der Waals surface area contributed by atoms with Crippen LogP contribution in [0.3, 0.4) is 0 Å². The molecule has 0 saturated heterocycles. The van der Waals surface area contributed by atoms with Gasteiger partial charge in [0.15, 0.2) is 0 Å². The Hall–Kier alpha value is -2.21. The minimum atomic E-state index is -0.440. The zero-order chi connectivity index (χ0) is 14.0. The third kappa shape index (κ3) is 3.17. The van der Waals surface area contributed by atoms with Crippen LogP contribution in [0.2, 0.25) is 5.28 Å². The van der Waals surface area contributed by atoms with Crippen molar-refractivity contribution in [2.75, 3.05) is 0 Å². The zero-order valence-electron chi connectivity index (χ0n) is 10.3. The topological polar surface area (TPSA) is 78.2 Å². The van der Waals surface area contributed by atoms with Crippen LogP contribution in [0.15, 0.2) is 24.3 Å². The number of rotatable bonds is 3. The molecule has 6 nitrogen and oxygen atoms in total. The van der Waals surface area contributed by atoms with Gasteiger partial charge in [-0.3, -0.25) is 10.1 Å². The van der Waals surface area contributed by atoms with Gasteiger partial charge in [-0.1, -0.05) is 0 Å². The van der Waals surface area contributed by atoms with Crippen LogP contribution in [-0.2, 0) is 0 Å². The molecule has 0 bridgehead atoms. The van der Waals surface area contributed by atoms with Gasteiger partial charge in [0, 0.05) is 23.4 Å². The normalized spacial score (nSPS) is 10.3. The van der Waals surface area contributed by atoms with Gasteiger partial charge in [-0.2, -0.15) is 4.98 Å². The van der Waals surface area contributed by atoms with Gasteiger partial charge in [-0.25, -0.2) is 4.98 Å². The van der Waals surface area contributed by atoms with E-state index in [2.05, 4.69) is 9.97 Å². The maximum absolute atomic E-state index is 10.7. The van der Waals surface area contributed by atoms with Crippen molar-refractivity contribution in [3.8, 4) is 11.6 Å². The van der Waals surface area contributed by atoms with Crippen molar-refractivity contribution in [2.45, 2.75) is 13.8 Å². The Labute approximate surface area is 114 Å². The SMILES string of the molecule is Cc1cc(Oc2ccc([N+](=O)[O-])c(C)c2)nc(Cl)n1. The molecule has 0 aliphatic heterocycles. The molecule has 0 saturated carbocycles. The van der Waals surface area contributed by atoms with Crippen molar-refractivity contribution in [3.05, 3.63) is 50.9 Å². The van der Waals surface area contributed by atoms with Gasteiger partial charge in [-0.05, 0) is 37.6 Å². The van der Waals surface area contributed by atoms with Gasteiger partial charge in [0.25, 0.3) is 5.69 Å². The highest BCUT2D eigenvalue weighted by Gasteiger charge is 2.11. The molecule has 0 amide bonds. The molecule has 1 heterocycles. The van der Waals surface area contributed by atoms with E-state index in [0.29, 0.717) is 22.9 Å². The number of aromatic nitrogens is 2. The van der Waals surface area contributed by atoms with Crippen LogP contribution in [0.25, 0.3) is 0 Å². The van der Waals surface area contributed by atoms with Crippen molar-refractivity contribution in [1.29, 1.82) is 0 Å². The maximum atomic E-state index is 10.7. The van der Waals surface area contributed by atoms with Crippen LogP contribution in [0.1, 0.15) is 11.3 Å². The lowest BCUT2D eigenvalue weighted by Gasteiger charge is -2.06. The Morgan fingerprint density at radius 1 is 1.26 bits per heavy atom. The van der Waals surface area contributed by atoms with Crippen molar-refractivity contribution in [1.82, 2.24) is 9.97 Å². The lowest BCUT2D eigenvalue weighted by atomic mass is 10.2. The number of halogens is 1. The molecular formula is C12H10ClN3O3. The molecule has 0 fully saturated rings. The molecule has 19 heavy (non-hydrogen) atoms. The summed E-state index contributed by atoms with van der Waals surface area (Å²) < 4.78 is 5.50. The van der Waals surface area contributed by atoms with E-state index in [1.54, 1.807) is 26.0 Å². The Morgan fingerprint density at radius 2 is 2.00 bits per heavy atom. The summed E-state index contributed by atoms with van der Waals surface area (Å²) in [6.07, 6.45) is 0. The van der Waals surface area contributed by atoms with Gasteiger partial charge in [0.1, 0.15) is 5.75 Å². The Balaban J connectivity index is 2.28. The Kier molecular flexibility index (Phi) is 3.62. The number of nitro groups is 1. The van der Waals surface area contributed by atoms with Crippen molar-refractivity contribution in [3.63, 3.8) is 0 Å². The molecule has 0 atom stereocenters. The predicted octanol–water partition coefficient (Wildman–Crippen LogP) is 3.45. The molecule has 7 heteroatoms. The molecule has 0 spiro atoms. The standard InChI is InChI=1S/C12H10ClN3O3/c1-7-5-9(3-4-10(7)16(17)18)19-11-6-8(2)14-12(13)15-11/h3-6H,1-2H3. The van der Waals surface area contributed by atoms with E-state index in [4.69, 9.17) is 16.3 Å². The molecule has 0 unspecified atom stereocenters. The molecule has 0 aliphatic rings. The molecule has 2 rings (SSSR count). The van der Waals surface area contributed by atoms with Crippen LogP contribution in [0, 0.1) is 24.0 Å². The largest absolute Gasteiger partial charge is 0.439 e. The second-order valence-corrected chi connectivity index (χ2v) is 4.26. The van der Waals surface area contributed by atoms with Crippen LogP contribution < -0.4 is 4.74 Å². The number of ether oxygens (including phenoxy) is 1. The Bertz CT molecular complexity index is 626. The molecule has 2 aromatic rings. The highest BCUT2D eigenvalue weighted by Crippen LogP contribution is 2.26. The monoisotopic (exact) mass is 279 g/mol. The summed E-state index contributed by atoms with van der Waals surface area (Å²) in [5.41, 5.74) is 1.23. The second kappa shape index (κ2) is 5.19. The number of hydrogen-bond acceptors (Lipinski definition) is 5. The van der Waals surface area contributed by atoms with E-state index < -0.39 is 4.92 Å². The summed E-state index contributed by atoms with van der Waals surface area (Å²) in [5, 5.41) is 10.8. The maximum Gasteiger partial charge on any atom is 0.272 e. The minimum absolute atomic E-state index is 0.0456. The molecule has 0 N–H and O–H groups in total.